The summed E-state index contributed by atoms with van der Waals surface area (Å²) >= 11 is 10.5. The summed E-state index contributed by atoms with van der Waals surface area (Å²) < 4.78 is 2.20. The van der Waals surface area contributed by atoms with Crippen molar-refractivity contribution in [1.29, 1.82) is 0 Å². The van der Waals surface area contributed by atoms with E-state index in [-0.39, 0.29) is 5.95 Å². The fraction of sp³-hybridized carbons (Fsp3) is 0.167. The highest BCUT2D eigenvalue weighted by atomic mass is 79.9. The van der Waals surface area contributed by atoms with Crippen LogP contribution in [0.3, 0.4) is 0 Å². The van der Waals surface area contributed by atoms with Gasteiger partial charge in [-0.05, 0) is 15.9 Å². The fourth-order valence-corrected chi connectivity index (χ4v) is 2.25. The summed E-state index contributed by atoms with van der Waals surface area (Å²) in [4.78, 5) is 8.76. The zero-order chi connectivity index (χ0) is 10.1. The summed E-state index contributed by atoms with van der Waals surface area (Å²) in [6.07, 6.45) is 0. The van der Waals surface area contributed by atoms with Gasteiger partial charge in [-0.15, -0.1) is 16.4 Å². The molecule has 0 aliphatic carbocycles. The van der Waals surface area contributed by atoms with E-state index >= 15 is 0 Å². The van der Waals surface area contributed by atoms with E-state index in [9.17, 15) is 0 Å². The molecule has 5 nitrogen and oxygen atoms in total. The molecule has 2 heterocycles. The van der Waals surface area contributed by atoms with Gasteiger partial charge in [0.05, 0.1) is 16.9 Å². The number of rotatable bonds is 2. The quantitative estimate of drug-likeness (QED) is 0.916. The molecule has 2 aromatic heterocycles. The van der Waals surface area contributed by atoms with Crippen molar-refractivity contribution in [3.63, 3.8) is 0 Å². The predicted molar refractivity (Wildman–Crippen MR) is 58.4 cm³/mol. The van der Waals surface area contributed by atoms with E-state index in [2.05, 4.69) is 31.0 Å². The van der Waals surface area contributed by atoms with Crippen molar-refractivity contribution < 1.29 is 0 Å². The second-order valence-corrected chi connectivity index (χ2v) is 4.47. The van der Waals surface area contributed by atoms with E-state index < -0.39 is 0 Å². The van der Waals surface area contributed by atoms with Crippen LogP contribution in [0, 0.1) is 0 Å². The van der Waals surface area contributed by atoms with Crippen LogP contribution in [0.15, 0.2) is 10.2 Å². The normalized spacial score (nSPS) is 10.7. The smallest absolute Gasteiger partial charge is 0.240 e. The van der Waals surface area contributed by atoms with Crippen LogP contribution in [0.4, 0.5) is 5.95 Å². The Kier molecular flexibility index (Phi) is 2.71. The van der Waals surface area contributed by atoms with Crippen molar-refractivity contribution in [1.82, 2.24) is 19.7 Å². The maximum atomic E-state index is 5.84. The monoisotopic (exact) mass is 293 g/mol. The van der Waals surface area contributed by atoms with Crippen molar-refractivity contribution in [3.8, 4) is 0 Å². The van der Waals surface area contributed by atoms with Crippen LogP contribution >= 0.6 is 38.9 Å². The molecular weight excluding hydrogens is 290 g/mol. The van der Waals surface area contributed by atoms with E-state index in [0.29, 0.717) is 16.4 Å². The van der Waals surface area contributed by atoms with Crippen LogP contribution in [-0.4, -0.2) is 19.7 Å². The van der Waals surface area contributed by atoms with E-state index in [1.165, 1.54) is 11.3 Å². The standard InChI is InChI=1S/C6H5BrClN5S/c7-5-11-6(9)12-13(5)1-3-4(8)10-2-14-3/h2H,1H2,(H2,9,12). The molecule has 0 fully saturated rings. The van der Waals surface area contributed by atoms with Gasteiger partial charge in [0.15, 0.2) is 4.73 Å². The van der Waals surface area contributed by atoms with Crippen molar-refractivity contribution in [2.75, 3.05) is 5.73 Å². The zero-order valence-electron chi connectivity index (χ0n) is 6.81. The number of hydrogen-bond acceptors (Lipinski definition) is 5. The van der Waals surface area contributed by atoms with Crippen molar-refractivity contribution in [3.05, 3.63) is 20.3 Å². The first-order valence-corrected chi connectivity index (χ1v) is 5.65. The van der Waals surface area contributed by atoms with E-state index in [1.807, 2.05) is 0 Å². The molecule has 14 heavy (non-hydrogen) atoms. The summed E-state index contributed by atoms with van der Waals surface area (Å²) in [5.74, 6) is 0.234. The highest BCUT2D eigenvalue weighted by molar-refractivity contribution is 9.10. The first kappa shape index (κ1) is 9.88. The minimum Gasteiger partial charge on any atom is -0.366 e. The molecule has 2 aromatic rings. The van der Waals surface area contributed by atoms with Crippen LogP contribution < -0.4 is 5.73 Å². The average molecular weight is 295 g/mol. The first-order chi connectivity index (χ1) is 6.66. The highest BCUT2D eigenvalue weighted by Crippen LogP contribution is 2.21. The minimum absolute atomic E-state index is 0.234. The van der Waals surface area contributed by atoms with Crippen LogP contribution in [0.2, 0.25) is 5.15 Å². The molecule has 0 aliphatic heterocycles. The Morgan fingerprint density at radius 2 is 2.43 bits per heavy atom. The summed E-state index contributed by atoms with van der Waals surface area (Å²) in [7, 11) is 0. The molecule has 2 rings (SSSR count). The van der Waals surface area contributed by atoms with Gasteiger partial charge in [0.1, 0.15) is 5.15 Å². The molecule has 0 atom stereocenters. The third-order valence-electron chi connectivity index (χ3n) is 1.53. The van der Waals surface area contributed by atoms with Crippen molar-refractivity contribution in [2.45, 2.75) is 6.54 Å². The Morgan fingerprint density at radius 3 is 2.93 bits per heavy atom. The average Bonchev–Trinajstić information content (AvgIpc) is 2.62. The number of halogens is 2. The zero-order valence-corrected chi connectivity index (χ0v) is 9.97. The summed E-state index contributed by atoms with van der Waals surface area (Å²) in [6.45, 7) is 0.522. The van der Waals surface area contributed by atoms with Crippen LogP contribution in [0.25, 0.3) is 0 Å². The molecule has 0 saturated heterocycles. The van der Waals surface area contributed by atoms with Gasteiger partial charge in [-0.25, -0.2) is 9.67 Å². The third kappa shape index (κ3) is 1.89. The topological polar surface area (TPSA) is 69.6 Å². The lowest BCUT2D eigenvalue weighted by Gasteiger charge is -1.98. The molecule has 0 amide bonds. The van der Waals surface area contributed by atoms with Gasteiger partial charge in [0.25, 0.3) is 0 Å². The molecule has 0 bridgehead atoms. The minimum atomic E-state index is 0.234. The molecule has 0 spiro atoms. The lowest BCUT2D eigenvalue weighted by Crippen LogP contribution is -2.01. The number of aromatic nitrogens is 4. The second kappa shape index (κ2) is 3.84. The van der Waals surface area contributed by atoms with Gasteiger partial charge in [0.2, 0.25) is 5.95 Å². The maximum Gasteiger partial charge on any atom is 0.240 e. The molecule has 2 N–H and O–H groups in total. The van der Waals surface area contributed by atoms with E-state index in [1.54, 1.807) is 10.2 Å². The molecule has 0 saturated carbocycles. The number of thiazole rings is 1. The van der Waals surface area contributed by atoms with Crippen molar-refractivity contribution in [2.24, 2.45) is 0 Å². The van der Waals surface area contributed by atoms with Gasteiger partial charge in [-0.2, -0.15) is 4.98 Å². The van der Waals surface area contributed by atoms with Gasteiger partial charge < -0.3 is 5.73 Å². The Balaban J connectivity index is 2.27. The van der Waals surface area contributed by atoms with E-state index in [4.69, 9.17) is 17.3 Å². The molecule has 8 heteroatoms. The molecule has 0 aliphatic rings. The summed E-state index contributed by atoms with van der Waals surface area (Å²) in [5.41, 5.74) is 7.11. The van der Waals surface area contributed by atoms with Gasteiger partial charge in [-0.3, -0.25) is 0 Å². The third-order valence-corrected chi connectivity index (χ3v) is 3.37. The molecular formula is C6H5BrClN5S. The number of nitrogens with zero attached hydrogens (tertiary/aromatic N) is 4. The number of nitrogens with two attached hydrogens (primary N) is 1. The number of hydrogen-bond donors (Lipinski definition) is 1. The molecule has 0 unspecified atom stereocenters. The van der Waals surface area contributed by atoms with Crippen molar-refractivity contribution >= 4 is 44.8 Å². The molecule has 0 radical (unpaired) electrons. The highest BCUT2D eigenvalue weighted by Gasteiger charge is 2.09. The van der Waals surface area contributed by atoms with Gasteiger partial charge in [0, 0.05) is 0 Å². The van der Waals surface area contributed by atoms with Gasteiger partial charge >= 0.3 is 0 Å². The second-order valence-electron chi connectivity index (χ2n) is 2.46. The summed E-state index contributed by atoms with van der Waals surface area (Å²) in [5, 5.41) is 4.48. The van der Waals surface area contributed by atoms with E-state index in [0.717, 1.165) is 4.88 Å². The first-order valence-electron chi connectivity index (χ1n) is 3.60. The number of nitrogen functional groups attached to an aromatic ring is 1. The SMILES string of the molecule is Nc1nc(Br)n(Cc2scnc2Cl)n1. The Bertz CT molecular complexity index is 453. The fourth-order valence-electron chi connectivity index (χ4n) is 0.936. The number of anilines is 1. The Morgan fingerprint density at radius 1 is 1.64 bits per heavy atom. The van der Waals surface area contributed by atoms with Gasteiger partial charge in [-0.1, -0.05) is 11.6 Å². The lowest BCUT2D eigenvalue weighted by molar-refractivity contribution is 0.677. The Labute approximate surface area is 97.1 Å². The lowest BCUT2D eigenvalue weighted by atomic mass is 10.5. The summed E-state index contributed by atoms with van der Waals surface area (Å²) in [6, 6.07) is 0. The van der Waals surface area contributed by atoms with Crippen LogP contribution in [0.1, 0.15) is 4.88 Å². The van der Waals surface area contributed by atoms with Crippen LogP contribution in [0.5, 0.6) is 0 Å². The van der Waals surface area contributed by atoms with Crippen LogP contribution in [-0.2, 0) is 6.54 Å². The molecule has 0 aromatic carbocycles. The largest absolute Gasteiger partial charge is 0.366 e. The predicted octanol–water partition coefficient (Wildman–Crippen LogP) is 1.78. The Hall–Kier alpha value is -0.660. The molecule has 74 valence electrons. The maximum absolute atomic E-state index is 5.84.